The maximum atomic E-state index is 8.90. The van der Waals surface area contributed by atoms with Gasteiger partial charge in [0.1, 0.15) is 0 Å². The van der Waals surface area contributed by atoms with Crippen LogP contribution >= 0.6 is 0 Å². The van der Waals surface area contributed by atoms with Crippen LogP contribution in [0.4, 0.5) is 9.59 Å². The largest absolute Gasteiger partial charge is 0.537 e. The van der Waals surface area contributed by atoms with Crippen molar-refractivity contribution in [1.82, 2.24) is 0 Å². The molecular weight excluding hydrogens is 208 g/mol. The van der Waals surface area contributed by atoms with Crippen LogP contribution in [0.15, 0.2) is 0 Å². The molecule has 0 saturated carbocycles. The van der Waals surface area contributed by atoms with E-state index >= 15 is 0 Å². The van der Waals surface area contributed by atoms with Crippen molar-refractivity contribution in [1.29, 1.82) is 0 Å². The fraction of sp³-hybridized carbons (Fsp3) is 0. The zero-order valence-corrected chi connectivity index (χ0v) is 5.88. The Kier molecular flexibility index (Phi) is 17.6. The van der Waals surface area contributed by atoms with Crippen molar-refractivity contribution >= 4 is 12.3 Å². The van der Waals surface area contributed by atoms with Crippen molar-refractivity contribution in [3.63, 3.8) is 0 Å². The molecule has 0 atom stereocenters. The molecule has 0 bridgehead atoms. The molecule has 0 fully saturated rings. The van der Waals surface area contributed by atoms with Crippen LogP contribution in [0.1, 0.15) is 0 Å². The maximum Gasteiger partial charge on any atom is 0.537 e. The van der Waals surface area contributed by atoms with Gasteiger partial charge in [-0.25, -0.2) is 9.59 Å². The Labute approximate surface area is 70.3 Å². The van der Waals surface area contributed by atoms with Crippen LogP contribution in [-0.2, 0) is 26.8 Å². The molecule has 0 aromatic rings. The molecule has 0 aliphatic rings. The summed E-state index contributed by atoms with van der Waals surface area (Å²) >= 11 is 0. The Morgan fingerprint density at radius 1 is 0.909 bits per heavy atom. The van der Waals surface area contributed by atoms with Crippen LogP contribution in [-0.4, -0.2) is 33.0 Å². The van der Waals surface area contributed by atoms with E-state index in [-0.39, 0.29) is 17.1 Å². The van der Waals surface area contributed by atoms with Crippen LogP contribution in [0.3, 0.4) is 0 Å². The van der Waals surface area contributed by atoms with E-state index in [0.717, 1.165) is 0 Å². The summed E-state index contributed by atoms with van der Waals surface area (Å²) in [6, 6.07) is 0. The van der Waals surface area contributed by atoms with E-state index in [1.807, 2.05) is 0 Å². The van der Waals surface area contributed by atoms with Crippen LogP contribution in [0.5, 0.6) is 0 Å². The van der Waals surface area contributed by atoms with E-state index in [2.05, 4.69) is 9.78 Å². The van der Waals surface area contributed by atoms with Crippen molar-refractivity contribution in [2.75, 3.05) is 0 Å². The van der Waals surface area contributed by atoms with Crippen molar-refractivity contribution in [2.24, 2.45) is 0 Å². The zero-order chi connectivity index (χ0) is 8.57. The van der Waals surface area contributed by atoms with Gasteiger partial charge in [-0.15, -0.1) is 0 Å². The van der Waals surface area contributed by atoms with E-state index in [4.69, 9.17) is 30.3 Å². The first-order valence-electron chi connectivity index (χ1n) is 1.63. The molecule has 0 aromatic carbocycles. The molecule has 68 valence electrons. The Bertz CT molecular complexity index is 96.7. The quantitative estimate of drug-likeness (QED) is 0.256. The van der Waals surface area contributed by atoms with Gasteiger partial charge in [-0.1, -0.05) is 0 Å². The third-order valence-corrected chi connectivity index (χ3v) is 0.156. The molecule has 4 N–H and O–H groups in total. The average molecular weight is 212 g/mol. The maximum absolute atomic E-state index is 8.90. The van der Waals surface area contributed by atoms with E-state index < -0.39 is 12.3 Å². The minimum Gasteiger partial charge on any atom is -0.448 e. The third kappa shape index (κ3) is 49.3. The molecule has 0 unspecified atom stereocenters. The molecule has 8 nitrogen and oxygen atoms in total. The predicted molar refractivity (Wildman–Crippen MR) is 23.5 cm³/mol. The number of hydrogen-bond acceptors (Lipinski definition) is 6. The molecule has 0 saturated heterocycles. The van der Waals surface area contributed by atoms with Crippen LogP contribution in [0.25, 0.3) is 0 Å². The fourth-order valence-electron chi connectivity index (χ4n) is 0. The third-order valence-electron chi connectivity index (χ3n) is 0.156. The molecule has 11 heavy (non-hydrogen) atoms. The second-order valence-electron chi connectivity index (χ2n) is 0.714. The summed E-state index contributed by atoms with van der Waals surface area (Å²) in [7, 11) is 0. The Morgan fingerprint density at radius 3 is 1.00 bits per heavy atom. The minimum atomic E-state index is -1.69. The summed E-state index contributed by atoms with van der Waals surface area (Å²) in [4.78, 5) is 23.1. The topological polar surface area (TPSA) is 134 Å². The number of hydrogen-bond donors (Lipinski definition) is 4. The molecule has 0 aliphatic heterocycles. The second kappa shape index (κ2) is 11.7. The number of carbonyl (C=O) groups is 2. The Morgan fingerprint density at radius 2 is 1.00 bits per heavy atom. The van der Waals surface area contributed by atoms with E-state index in [1.54, 1.807) is 0 Å². The Hall–Kier alpha value is -1.02. The summed E-state index contributed by atoms with van der Waals surface area (Å²) < 4.78 is 0. The van der Waals surface area contributed by atoms with Crippen LogP contribution in [0.2, 0.25) is 0 Å². The molecule has 0 spiro atoms. The molecule has 0 aliphatic carbocycles. The van der Waals surface area contributed by atoms with Gasteiger partial charge in [-0.2, -0.15) is 10.5 Å². The first-order chi connectivity index (χ1) is 4.54. The van der Waals surface area contributed by atoms with Crippen molar-refractivity contribution in [2.45, 2.75) is 0 Å². The molecule has 0 radical (unpaired) electrons. The van der Waals surface area contributed by atoms with Gasteiger partial charge in [0.2, 0.25) is 0 Å². The molecule has 0 heterocycles. The normalized spacial score (nSPS) is 6.00. The predicted octanol–water partition coefficient (Wildman–Crippen LogP) is 0.305. The first kappa shape index (κ1) is 16.5. The monoisotopic (exact) mass is 212 g/mol. The summed E-state index contributed by atoms with van der Waals surface area (Å²) in [5.41, 5.74) is 0. The average Bonchev–Trinajstić information content (AvgIpc) is 1.89. The van der Waals surface area contributed by atoms with Gasteiger partial charge in [0, 0.05) is 17.1 Å². The van der Waals surface area contributed by atoms with Crippen molar-refractivity contribution in [3.8, 4) is 0 Å². The minimum absolute atomic E-state index is 0. The number of carboxylic acid groups (broad SMARTS) is 2. The summed E-state index contributed by atoms with van der Waals surface area (Å²) in [5, 5.41) is 28.6. The van der Waals surface area contributed by atoms with Crippen molar-refractivity contribution < 1.29 is 57.2 Å². The summed E-state index contributed by atoms with van der Waals surface area (Å²) in [6.07, 6.45) is -3.38. The second-order valence-corrected chi connectivity index (χ2v) is 0.714. The van der Waals surface area contributed by atoms with Gasteiger partial charge < -0.3 is 10.2 Å². The smallest absolute Gasteiger partial charge is 0.448 e. The molecule has 0 rings (SSSR count). The van der Waals surface area contributed by atoms with Crippen LogP contribution < -0.4 is 0 Å². The first-order valence-corrected chi connectivity index (χ1v) is 1.63. The summed E-state index contributed by atoms with van der Waals surface area (Å²) in [5.74, 6) is 0. The van der Waals surface area contributed by atoms with Gasteiger partial charge in [0.25, 0.3) is 0 Å². The van der Waals surface area contributed by atoms with Gasteiger partial charge in [0.15, 0.2) is 0 Å². The van der Waals surface area contributed by atoms with E-state index in [9.17, 15) is 0 Å². The van der Waals surface area contributed by atoms with Crippen molar-refractivity contribution in [3.05, 3.63) is 0 Å². The summed E-state index contributed by atoms with van der Waals surface area (Å²) in [6.45, 7) is 0. The Balaban J connectivity index is -0.000000107. The fourth-order valence-corrected chi connectivity index (χ4v) is 0. The van der Waals surface area contributed by atoms with Gasteiger partial charge in [0.05, 0.1) is 0 Å². The molecular formula is C2H4FeO8. The molecule has 9 heteroatoms. The van der Waals surface area contributed by atoms with Gasteiger partial charge in [-0.3, -0.25) is 9.78 Å². The zero-order valence-electron chi connectivity index (χ0n) is 4.78. The van der Waals surface area contributed by atoms with Gasteiger partial charge in [-0.05, 0) is 0 Å². The standard InChI is InChI=1S/2CH2O4.Fe/c2*2-1(3)5-4;/h2*4H,(H,2,3);. The molecule has 0 amide bonds. The number of rotatable bonds is 0. The van der Waals surface area contributed by atoms with Gasteiger partial charge >= 0.3 is 12.3 Å². The van der Waals surface area contributed by atoms with E-state index in [1.165, 1.54) is 0 Å². The SMILES string of the molecule is O=C(O)OO.O=C(O)OO.[Fe]. The van der Waals surface area contributed by atoms with Crippen LogP contribution in [0, 0.1) is 0 Å². The van der Waals surface area contributed by atoms with E-state index in [0.29, 0.717) is 0 Å². The molecule has 0 aromatic heterocycles.